The van der Waals surface area contributed by atoms with Crippen molar-refractivity contribution in [2.45, 2.75) is 38.2 Å². The van der Waals surface area contributed by atoms with Crippen LogP contribution in [0, 0.1) is 0 Å². The van der Waals surface area contributed by atoms with Gasteiger partial charge in [-0.1, -0.05) is 0 Å². The van der Waals surface area contributed by atoms with Crippen LogP contribution in [0.4, 0.5) is 0 Å². The monoisotopic (exact) mass is 250 g/mol. The maximum absolute atomic E-state index is 11.4. The third kappa shape index (κ3) is 2.15. The lowest BCUT2D eigenvalue weighted by Gasteiger charge is -2.17. The zero-order valence-corrected chi connectivity index (χ0v) is 10.9. The summed E-state index contributed by atoms with van der Waals surface area (Å²) in [4.78, 5) is 11.4. The highest BCUT2D eigenvalue weighted by molar-refractivity contribution is 5.86. The quantitative estimate of drug-likeness (QED) is 0.872. The van der Waals surface area contributed by atoms with E-state index in [-0.39, 0.29) is 6.10 Å². The maximum atomic E-state index is 11.4. The molecule has 1 aliphatic rings. The summed E-state index contributed by atoms with van der Waals surface area (Å²) in [6.45, 7) is 3.88. The number of benzene rings is 1. The van der Waals surface area contributed by atoms with Gasteiger partial charge in [0.05, 0.1) is 18.6 Å². The highest BCUT2D eigenvalue weighted by atomic mass is 16.5. The summed E-state index contributed by atoms with van der Waals surface area (Å²) in [6, 6.07) is 5.37. The molecule has 4 nitrogen and oxygen atoms in total. The first-order chi connectivity index (χ1) is 8.49. The molecule has 0 unspecified atom stereocenters. The second kappa shape index (κ2) is 4.52. The van der Waals surface area contributed by atoms with E-state index in [1.165, 1.54) is 0 Å². The van der Waals surface area contributed by atoms with Gasteiger partial charge in [0.1, 0.15) is 11.5 Å². The van der Waals surface area contributed by atoms with Crippen LogP contribution in [-0.4, -0.2) is 24.3 Å². The third-order valence-electron chi connectivity index (χ3n) is 3.22. The molecule has 18 heavy (non-hydrogen) atoms. The molecule has 0 amide bonds. The number of hydrogen-bond acceptors (Lipinski definition) is 3. The Bertz CT molecular complexity index is 461. The van der Waals surface area contributed by atoms with Crippen LogP contribution in [0.2, 0.25) is 0 Å². The fraction of sp³-hybridized carbons (Fsp3) is 0.500. The normalized spacial score (nSPS) is 16.4. The van der Waals surface area contributed by atoms with Gasteiger partial charge in [0, 0.05) is 5.56 Å². The number of hydrogen-bond donors (Lipinski definition) is 1. The topological polar surface area (TPSA) is 55.8 Å². The second-order valence-corrected chi connectivity index (χ2v) is 4.92. The van der Waals surface area contributed by atoms with Gasteiger partial charge in [0.2, 0.25) is 0 Å². The van der Waals surface area contributed by atoms with Crippen molar-refractivity contribution < 1.29 is 19.4 Å². The number of methoxy groups -OCH3 is 1. The minimum atomic E-state index is -0.789. The van der Waals surface area contributed by atoms with Gasteiger partial charge in [0.25, 0.3) is 0 Å². The zero-order chi connectivity index (χ0) is 13.3. The largest absolute Gasteiger partial charge is 0.496 e. The van der Waals surface area contributed by atoms with Gasteiger partial charge in [-0.15, -0.1) is 0 Å². The Hall–Kier alpha value is -1.71. The van der Waals surface area contributed by atoms with Crippen LogP contribution in [0.25, 0.3) is 0 Å². The van der Waals surface area contributed by atoms with Crippen LogP contribution >= 0.6 is 0 Å². The fourth-order valence-corrected chi connectivity index (χ4v) is 2.13. The lowest BCUT2D eigenvalue weighted by Crippen LogP contribution is -2.20. The predicted molar refractivity (Wildman–Crippen MR) is 67.3 cm³/mol. The molecule has 0 aromatic heterocycles. The number of aliphatic carboxylic acids is 1. The zero-order valence-electron chi connectivity index (χ0n) is 10.9. The molecule has 1 aliphatic carbocycles. The first-order valence-corrected chi connectivity index (χ1v) is 6.08. The lowest BCUT2D eigenvalue weighted by molar-refractivity contribution is -0.140. The summed E-state index contributed by atoms with van der Waals surface area (Å²) in [6.07, 6.45) is 1.37. The lowest BCUT2D eigenvalue weighted by atomic mass is 9.95. The molecule has 0 saturated heterocycles. The van der Waals surface area contributed by atoms with Gasteiger partial charge in [-0.25, -0.2) is 0 Å². The average molecular weight is 250 g/mol. The summed E-state index contributed by atoms with van der Waals surface area (Å²) < 4.78 is 10.9. The fourth-order valence-electron chi connectivity index (χ4n) is 2.13. The molecule has 0 radical (unpaired) electrons. The molecule has 0 spiro atoms. The van der Waals surface area contributed by atoms with Crippen LogP contribution in [-0.2, 0) is 10.2 Å². The van der Waals surface area contributed by atoms with Crippen molar-refractivity contribution in [1.82, 2.24) is 0 Å². The molecule has 1 saturated carbocycles. The van der Waals surface area contributed by atoms with Crippen molar-refractivity contribution in [3.8, 4) is 11.5 Å². The van der Waals surface area contributed by atoms with Crippen LogP contribution in [0.5, 0.6) is 11.5 Å². The Morgan fingerprint density at radius 3 is 2.50 bits per heavy atom. The van der Waals surface area contributed by atoms with Crippen molar-refractivity contribution in [2.75, 3.05) is 7.11 Å². The molecule has 98 valence electrons. The molecular weight excluding hydrogens is 232 g/mol. The minimum absolute atomic E-state index is 0.0613. The Balaban J connectivity index is 2.40. The van der Waals surface area contributed by atoms with Crippen molar-refractivity contribution in [1.29, 1.82) is 0 Å². The van der Waals surface area contributed by atoms with Gasteiger partial charge in [-0.3, -0.25) is 4.79 Å². The van der Waals surface area contributed by atoms with E-state index in [4.69, 9.17) is 9.47 Å². The highest BCUT2D eigenvalue weighted by Gasteiger charge is 2.53. The Labute approximate surface area is 107 Å². The number of carbonyl (C=O) groups is 1. The van der Waals surface area contributed by atoms with Gasteiger partial charge < -0.3 is 14.6 Å². The number of carboxylic acids is 1. The molecule has 1 N–H and O–H groups in total. The van der Waals surface area contributed by atoms with Crippen LogP contribution in [0.1, 0.15) is 32.3 Å². The SMILES string of the molecule is COc1ccc(OC(C)C)cc1C1(C(=O)O)CC1. The van der Waals surface area contributed by atoms with E-state index in [1.807, 2.05) is 13.8 Å². The molecule has 1 aromatic rings. The van der Waals surface area contributed by atoms with E-state index < -0.39 is 11.4 Å². The predicted octanol–water partition coefficient (Wildman–Crippen LogP) is 2.60. The average Bonchev–Trinajstić information content (AvgIpc) is 3.09. The van der Waals surface area contributed by atoms with E-state index in [9.17, 15) is 9.90 Å². The van der Waals surface area contributed by atoms with Gasteiger partial charge in [-0.05, 0) is 44.9 Å². The number of ether oxygens (including phenoxy) is 2. The molecule has 1 aromatic carbocycles. The molecular formula is C14H18O4. The van der Waals surface area contributed by atoms with E-state index in [0.29, 0.717) is 24.3 Å². The van der Waals surface area contributed by atoms with Crippen LogP contribution in [0.3, 0.4) is 0 Å². The molecule has 1 fully saturated rings. The molecule has 0 heterocycles. The van der Waals surface area contributed by atoms with Gasteiger partial charge in [-0.2, -0.15) is 0 Å². The van der Waals surface area contributed by atoms with Crippen molar-refractivity contribution >= 4 is 5.97 Å². The summed E-state index contributed by atoms with van der Waals surface area (Å²) >= 11 is 0. The molecule has 0 bridgehead atoms. The first kappa shape index (κ1) is 12.7. The smallest absolute Gasteiger partial charge is 0.314 e. The second-order valence-electron chi connectivity index (χ2n) is 4.92. The van der Waals surface area contributed by atoms with E-state index in [1.54, 1.807) is 25.3 Å². The number of rotatable bonds is 5. The summed E-state index contributed by atoms with van der Waals surface area (Å²) in [5.41, 5.74) is -0.0579. The first-order valence-electron chi connectivity index (χ1n) is 6.08. The maximum Gasteiger partial charge on any atom is 0.314 e. The van der Waals surface area contributed by atoms with Crippen molar-refractivity contribution in [3.63, 3.8) is 0 Å². The molecule has 4 heteroatoms. The van der Waals surface area contributed by atoms with E-state index in [2.05, 4.69) is 0 Å². The summed E-state index contributed by atoms with van der Waals surface area (Å²) in [5, 5.41) is 9.35. The van der Waals surface area contributed by atoms with E-state index in [0.717, 1.165) is 5.56 Å². The summed E-state index contributed by atoms with van der Waals surface area (Å²) in [7, 11) is 1.56. The number of carboxylic acid groups (broad SMARTS) is 1. The molecule has 2 rings (SSSR count). The Kier molecular flexibility index (Phi) is 3.20. The van der Waals surface area contributed by atoms with Crippen LogP contribution in [0.15, 0.2) is 18.2 Å². The Morgan fingerprint density at radius 2 is 2.06 bits per heavy atom. The van der Waals surface area contributed by atoms with E-state index >= 15 is 0 Å². The van der Waals surface area contributed by atoms with Crippen molar-refractivity contribution in [2.24, 2.45) is 0 Å². The van der Waals surface area contributed by atoms with Gasteiger partial charge >= 0.3 is 5.97 Å². The third-order valence-corrected chi connectivity index (χ3v) is 3.22. The summed E-state index contributed by atoms with van der Waals surface area (Å²) in [5.74, 6) is 0.516. The van der Waals surface area contributed by atoms with Gasteiger partial charge in [0.15, 0.2) is 0 Å². The Morgan fingerprint density at radius 1 is 1.39 bits per heavy atom. The minimum Gasteiger partial charge on any atom is -0.496 e. The molecule has 0 atom stereocenters. The molecule has 0 aliphatic heterocycles. The van der Waals surface area contributed by atoms with Crippen molar-refractivity contribution in [3.05, 3.63) is 23.8 Å². The highest BCUT2D eigenvalue weighted by Crippen LogP contribution is 2.52. The van der Waals surface area contributed by atoms with Crippen LogP contribution < -0.4 is 9.47 Å². The standard InChI is InChI=1S/C14H18O4/c1-9(2)18-10-4-5-12(17-3)11(8-10)14(6-7-14)13(15)16/h4-5,8-9H,6-7H2,1-3H3,(H,15,16).